The van der Waals surface area contributed by atoms with Crippen molar-refractivity contribution in [3.8, 4) is 5.75 Å². The predicted molar refractivity (Wildman–Crippen MR) is 69.5 cm³/mol. The van der Waals surface area contributed by atoms with E-state index >= 15 is 0 Å². The molecule has 0 aliphatic carbocycles. The topological polar surface area (TPSA) is 40.5 Å². The molecule has 0 aliphatic rings. The highest BCUT2D eigenvalue weighted by Gasteiger charge is 2.17. The van der Waals surface area contributed by atoms with Crippen molar-refractivity contribution in [1.82, 2.24) is 4.90 Å². The van der Waals surface area contributed by atoms with E-state index in [1.807, 2.05) is 13.8 Å². The summed E-state index contributed by atoms with van der Waals surface area (Å²) in [6.07, 6.45) is 0. The van der Waals surface area contributed by atoms with Crippen molar-refractivity contribution in [2.45, 2.75) is 13.8 Å². The van der Waals surface area contributed by atoms with E-state index in [-0.39, 0.29) is 11.7 Å². The predicted octanol–water partition coefficient (Wildman–Crippen LogP) is 3.08. The van der Waals surface area contributed by atoms with Crippen molar-refractivity contribution in [3.63, 3.8) is 0 Å². The lowest BCUT2D eigenvalue weighted by molar-refractivity contribution is 0.0778. The zero-order valence-electron chi connectivity index (χ0n) is 10.0. The van der Waals surface area contributed by atoms with Crippen LogP contribution in [0.3, 0.4) is 0 Å². The molecule has 0 saturated heterocycles. The van der Waals surface area contributed by atoms with E-state index in [1.54, 1.807) is 4.90 Å². The van der Waals surface area contributed by atoms with Gasteiger partial charge in [0.25, 0.3) is 5.91 Å². The Kier molecular flexibility index (Phi) is 4.58. The molecule has 1 N–H and O–H groups in total. The summed E-state index contributed by atoms with van der Waals surface area (Å²) in [5, 5.41) is 9.72. The Morgan fingerprint density at radius 3 is 2.71 bits per heavy atom. The van der Waals surface area contributed by atoms with Crippen LogP contribution < -0.4 is 0 Å². The first-order chi connectivity index (χ1) is 7.95. The van der Waals surface area contributed by atoms with Crippen LogP contribution in [0, 0.1) is 0 Å². The minimum atomic E-state index is -0.198. The molecule has 1 aromatic rings. The van der Waals surface area contributed by atoms with Gasteiger partial charge in [0.2, 0.25) is 0 Å². The fraction of sp³-hybridized carbons (Fsp3) is 0.308. The molecule has 3 nitrogen and oxygen atoms in total. The molecule has 17 heavy (non-hydrogen) atoms. The molecule has 0 fully saturated rings. The Hall–Kier alpha value is -1.48. The third kappa shape index (κ3) is 3.49. The first-order valence-corrected chi connectivity index (χ1v) is 5.75. The van der Waals surface area contributed by atoms with E-state index in [1.165, 1.54) is 18.2 Å². The third-order valence-electron chi connectivity index (χ3n) is 2.31. The maximum atomic E-state index is 12.2. The number of likely N-dealkylation sites (N-methyl/N-ethyl adjacent to an activating group) is 1. The number of hydrogen-bond donors (Lipinski definition) is 1. The standard InChI is InChI=1S/C13H16ClNO2/c1-4-15(8-9(2)3)13(17)11-7-10(16)5-6-12(11)14/h5-7,16H,2,4,8H2,1,3H3. The maximum absolute atomic E-state index is 12.2. The number of amides is 1. The minimum Gasteiger partial charge on any atom is -0.508 e. The quantitative estimate of drug-likeness (QED) is 0.838. The summed E-state index contributed by atoms with van der Waals surface area (Å²) in [7, 11) is 0. The number of aromatic hydroxyl groups is 1. The largest absolute Gasteiger partial charge is 0.508 e. The van der Waals surface area contributed by atoms with E-state index < -0.39 is 0 Å². The van der Waals surface area contributed by atoms with Gasteiger partial charge in [-0.15, -0.1) is 0 Å². The van der Waals surface area contributed by atoms with E-state index in [9.17, 15) is 9.90 Å². The number of halogens is 1. The molecule has 1 amide bonds. The van der Waals surface area contributed by atoms with Gasteiger partial charge >= 0.3 is 0 Å². The number of carbonyl (C=O) groups is 1. The van der Waals surface area contributed by atoms with Crippen molar-refractivity contribution in [3.05, 3.63) is 40.9 Å². The molecule has 0 unspecified atom stereocenters. The monoisotopic (exact) mass is 253 g/mol. The number of hydrogen-bond acceptors (Lipinski definition) is 2. The first kappa shape index (κ1) is 13.6. The molecule has 0 aliphatic heterocycles. The van der Waals surface area contributed by atoms with E-state index in [2.05, 4.69) is 6.58 Å². The van der Waals surface area contributed by atoms with Crippen LogP contribution in [0.1, 0.15) is 24.2 Å². The number of carbonyl (C=O) groups excluding carboxylic acids is 1. The number of benzene rings is 1. The van der Waals surface area contributed by atoms with Gasteiger partial charge in [-0.3, -0.25) is 4.79 Å². The summed E-state index contributed by atoms with van der Waals surface area (Å²) >= 11 is 5.95. The van der Waals surface area contributed by atoms with Crippen molar-refractivity contribution in [2.24, 2.45) is 0 Å². The molecule has 0 aromatic heterocycles. The van der Waals surface area contributed by atoms with E-state index in [4.69, 9.17) is 11.6 Å². The van der Waals surface area contributed by atoms with Crippen LogP contribution in [0.4, 0.5) is 0 Å². The Bertz CT molecular complexity index is 443. The van der Waals surface area contributed by atoms with Gasteiger partial charge in [-0.2, -0.15) is 0 Å². The first-order valence-electron chi connectivity index (χ1n) is 5.38. The van der Waals surface area contributed by atoms with E-state index in [0.29, 0.717) is 23.7 Å². The molecule has 1 rings (SSSR count). The van der Waals surface area contributed by atoms with Gasteiger partial charge < -0.3 is 10.0 Å². The summed E-state index contributed by atoms with van der Waals surface area (Å²) in [6.45, 7) is 8.58. The second-order valence-electron chi connectivity index (χ2n) is 3.94. The molecule has 1 aromatic carbocycles. The van der Waals surface area contributed by atoms with Crippen LogP contribution in [0.15, 0.2) is 30.4 Å². The van der Waals surface area contributed by atoms with Crippen LogP contribution >= 0.6 is 11.6 Å². The molecule has 0 bridgehead atoms. The van der Waals surface area contributed by atoms with Crippen LogP contribution in [0.5, 0.6) is 5.75 Å². The average Bonchev–Trinajstić information content (AvgIpc) is 2.28. The fourth-order valence-electron chi connectivity index (χ4n) is 1.50. The lowest BCUT2D eigenvalue weighted by atomic mass is 10.1. The molecule has 4 heteroatoms. The highest BCUT2D eigenvalue weighted by atomic mass is 35.5. The SMILES string of the molecule is C=C(C)CN(CC)C(=O)c1cc(O)ccc1Cl. The highest BCUT2D eigenvalue weighted by molar-refractivity contribution is 6.33. The molecule has 0 atom stereocenters. The van der Waals surface area contributed by atoms with Gasteiger partial charge in [0.15, 0.2) is 0 Å². The van der Waals surface area contributed by atoms with Gasteiger partial charge in [-0.1, -0.05) is 23.8 Å². The number of phenolic OH excluding ortho intramolecular Hbond substituents is 1. The van der Waals surface area contributed by atoms with Gasteiger partial charge in [-0.05, 0) is 32.0 Å². The molecule has 0 radical (unpaired) electrons. The number of nitrogens with zero attached hydrogens (tertiary/aromatic N) is 1. The smallest absolute Gasteiger partial charge is 0.255 e. The zero-order chi connectivity index (χ0) is 13.0. The summed E-state index contributed by atoms with van der Waals surface area (Å²) in [6, 6.07) is 4.35. The maximum Gasteiger partial charge on any atom is 0.255 e. The number of phenols is 1. The molecular formula is C13H16ClNO2. The Morgan fingerprint density at radius 1 is 1.53 bits per heavy atom. The zero-order valence-corrected chi connectivity index (χ0v) is 10.8. The van der Waals surface area contributed by atoms with E-state index in [0.717, 1.165) is 5.57 Å². The lowest BCUT2D eigenvalue weighted by Gasteiger charge is -2.21. The second kappa shape index (κ2) is 5.73. The van der Waals surface area contributed by atoms with Gasteiger partial charge in [0.1, 0.15) is 5.75 Å². The Balaban J connectivity index is 3.01. The van der Waals surface area contributed by atoms with Crippen molar-refractivity contribution >= 4 is 17.5 Å². The minimum absolute atomic E-state index is 0.0316. The summed E-state index contributed by atoms with van der Waals surface area (Å²) in [4.78, 5) is 13.8. The lowest BCUT2D eigenvalue weighted by Crippen LogP contribution is -2.32. The van der Waals surface area contributed by atoms with Crippen molar-refractivity contribution in [1.29, 1.82) is 0 Å². The molecule has 0 spiro atoms. The fourth-order valence-corrected chi connectivity index (χ4v) is 1.70. The molecule has 0 saturated carbocycles. The van der Waals surface area contributed by atoms with Crippen LogP contribution in [-0.2, 0) is 0 Å². The second-order valence-corrected chi connectivity index (χ2v) is 4.35. The Labute approximate surface area is 106 Å². The molecular weight excluding hydrogens is 238 g/mol. The average molecular weight is 254 g/mol. The van der Waals surface area contributed by atoms with Crippen LogP contribution in [0.25, 0.3) is 0 Å². The van der Waals surface area contributed by atoms with Gasteiger partial charge in [-0.25, -0.2) is 0 Å². The van der Waals surface area contributed by atoms with Gasteiger partial charge in [0, 0.05) is 13.1 Å². The van der Waals surface area contributed by atoms with Crippen molar-refractivity contribution < 1.29 is 9.90 Å². The normalized spacial score (nSPS) is 10.1. The van der Waals surface area contributed by atoms with Crippen LogP contribution in [0.2, 0.25) is 5.02 Å². The highest BCUT2D eigenvalue weighted by Crippen LogP contribution is 2.22. The number of rotatable bonds is 4. The summed E-state index contributed by atoms with van der Waals surface area (Å²) in [5.74, 6) is -0.166. The molecule has 0 heterocycles. The van der Waals surface area contributed by atoms with Gasteiger partial charge in [0.05, 0.1) is 10.6 Å². The summed E-state index contributed by atoms with van der Waals surface area (Å²) in [5.41, 5.74) is 1.21. The van der Waals surface area contributed by atoms with Crippen LogP contribution in [-0.4, -0.2) is 29.0 Å². The Morgan fingerprint density at radius 2 is 2.18 bits per heavy atom. The van der Waals surface area contributed by atoms with Crippen molar-refractivity contribution in [2.75, 3.05) is 13.1 Å². The molecule has 92 valence electrons. The third-order valence-corrected chi connectivity index (χ3v) is 2.64. The summed E-state index contributed by atoms with van der Waals surface area (Å²) < 4.78 is 0.